The Morgan fingerprint density at radius 2 is 1.67 bits per heavy atom. The van der Waals surface area contributed by atoms with E-state index in [0.717, 1.165) is 0 Å². The molecule has 0 aliphatic heterocycles. The molecule has 1 aromatic heterocycles. The predicted octanol–water partition coefficient (Wildman–Crippen LogP) is 1.46. The summed E-state index contributed by atoms with van der Waals surface area (Å²) in [5.41, 5.74) is 6.01. The highest BCUT2D eigenvalue weighted by molar-refractivity contribution is 7.92. The Labute approximate surface area is 126 Å². The zero-order valence-corrected chi connectivity index (χ0v) is 13.3. The molecule has 0 radical (unpaired) electrons. The van der Waals surface area contributed by atoms with Crippen molar-refractivity contribution in [2.24, 2.45) is 0 Å². The fraction of sp³-hybridized carbons (Fsp3) is 0.154. The summed E-state index contributed by atoms with van der Waals surface area (Å²) < 4.78 is 35.8. The normalized spacial score (nSPS) is 10.6. The van der Waals surface area contributed by atoms with Crippen LogP contribution in [0.15, 0.2) is 53.6 Å². The highest BCUT2D eigenvalue weighted by Crippen LogP contribution is 2.15. The molecule has 2 rings (SSSR count). The summed E-state index contributed by atoms with van der Waals surface area (Å²) in [6, 6.07) is 10.9. The van der Waals surface area contributed by atoms with Crippen LogP contribution in [0, 0.1) is 0 Å². The van der Waals surface area contributed by atoms with E-state index in [4.69, 9.17) is 5.73 Å². The second-order valence-corrected chi connectivity index (χ2v) is 7.30. The fourth-order valence-electron chi connectivity index (χ4n) is 1.27. The van der Waals surface area contributed by atoms with Gasteiger partial charge in [-0.25, -0.2) is 13.4 Å². The number of nitrogens with two attached hydrogens (primary N) is 1. The topological polar surface area (TPSA) is 102 Å². The number of rotatable bonds is 3. The first kappa shape index (κ1) is 17.1. The molecule has 0 unspecified atom stereocenters. The predicted molar refractivity (Wildman–Crippen MR) is 85.9 cm³/mol. The summed E-state index contributed by atoms with van der Waals surface area (Å²) >= 11 is 0. The van der Waals surface area contributed by atoms with Crippen LogP contribution in [0.5, 0.6) is 0 Å². The molecule has 3 N–H and O–H groups in total. The van der Waals surface area contributed by atoms with Crippen molar-refractivity contribution < 1.29 is 12.6 Å². The van der Waals surface area contributed by atoms with Gasteiger partial charge in [0, 0.05) is 35.2 Å². The number of sulfonamides is 1. The molecule has 8 heteroatoms. The molecule has 0 atom stereocenters. The molecule has 0 bridgehead atoms. The van der Waals surface area contributed by atoms with E-state index in [1.54, 1.807) is 30.7 Å². The van der Waals surface area contributed by atoms with E-state index < -0.39 is 20.8 Å². The lowest BCUT2D eigenvalue weighted by Crippen LogP contribution is -2.13. The average molecular weight is 327 g/mol. The fourth-order valence-corrected chi connectivity index (χ4v) is 2.28. The molecule has 0 aliphatic rings. The molecule has 1 heterocycles. The lowest BCUT2D eigenvalue weighted by molar-refractivity contribution is 0.601. The molecule has 0 aliphatic carbocycles. The molecule has 0 spiro atoms. The minimum Gasteiger partial charge on any atom is -0.399 e. The highest BCUT2D eigenvalue weighted by Gasteiger charge is 2.13. The number of hydrogen-bond donors (Lipinski definition) is 2. The maximum Gasteiger partial charge on any atom is 0.263 e. The minimum absolute atomic E-state index is 0.150. The molecular formula is C13H17N3O3S2. The standard InChI is InChI=1S/C11H11N3O2S.C2H6OS/c12-9-4-6-10(7-5-9)17(15,16)14-11-3-1-2-8-13-11;1-4(2)3/h1-8H,12H2,(H,13,14);1-2H3. The Kier molecular flexibility index (Phi) is 6.32. The quantitative estimate of drug-likeness (QED) is 0.831. The van der Waals surface area contributed by atoms with Crippen molar-refractivity contribution in [3.05, 3.63) is 48.7 Å². The van der Waals surface area contributed by atoms with E-state index in [0.29, 0.717) is 5.69 Å². The van der Waals surface area contributed by atoms with Gasteiger partial charge in [-0.3, -0.25) is 8.93 Å². The molecule has 21 heavy (non-hydrogen) atoms. The first-order valence-electron chi connectivity index (χ1n) is 5.86. The van der Waals surface area contributed by atoms with Gasteiger partial charge in [-0.05, 0) is 36.4 Å². The van der Waals surface area contributed by atoms with Gasteiger partial charge in [0.05, 0.1) is 4.90 Å². The van der Waals surface area contributed by atoms with Crippen LogP contribution in [0.3, 0.4) is 0 Å². The number of pyridine rings is 1. The second kappa shape index (κ2) is 7.75. The van der Waals surface area contributed by atoms with Gasteiger partial charge in [0.2, 0.25) is 0 Å². The maximum absolute atomic E-state index is 11.9. The third-order valence-electron chi connectivity index (χ3n) is 2.09. The molecule has 0 saturated heterocycles. The average Bonchev–Trinajstić information content (AvgIpc) is 2.39. The van der Waals surface area contributed by atoms with E-state index >= 15 is 0 Å². The van der Waals surface area contributed by atoms with Gasteiger partial charge < -0.3 is 5.73 Å². The summed E-state index contributed by atoms with van der Waals surface area (Å²) in [7, 11) is -4.21. The van der Waals surface area contributed by atoms with E-state index in [2.05, 4.69) is 9.71 Å². The van der Waals surface area contributed by atoms with Gasteiger partial charge in [-0.15, -0.1) is 0 Å². The maximum atomic E-state index is 11.9. The van der Waals surface area contributed by atoms with Crippen LogP contribution < -0.4 is 10.5 Å². The van der Waals surface area contributed by atoms with Gasteiger partial charge in [-0.1, -0.05) is 6.07 Å². The van der Waals surface area contributed by atoms with E-state index in [1.165, 1.54) is 30.5 Å². The molecular weight excluding hydrogens is 310 g/mol. The molecule has 2 aromatic rings. The Bertz CT molecular complexity index is 682. The number of aromatic nitrogens is 1. The Morgan fingerprint density at radius 1 is 1.10 bits per heavy atom. The van der Waals surface area contributed by atoms with Crippen molar-refractivity contribution in [1.29, 1.82) is 0 Å². The second-order valence-electron chi connectivity index (χ2n) is 4.13. The SMILES string of the molecule is CS(C)=O.Nc1ccc(S(=O)(=O)Nc2ccccn2)cc1. The summed E-state index contributed by atoms with van der Waals surface area (Å²) in [6.07, 6.45) is 4.79. The first-order valence-corrected chi connectivity index (χ1v) is 9.30. The van der Waals surface area contributed by atoms with Gasteiger partial charge in [-0.2, -0.15) is 0 Å². The summed E-state index contributed by atoms with van der Waals surface area (Å²) in [5.74, 6) is 0.282. The Morgan fingerprint density at radius 3 is 2.14 bits per heavy atom. The van der Waals surface area contributed by atoms with Crippen LogP contribution in [0.25, 0.3) is 0 Å². The first-order chi connectivity index (χ1) is 9.81. The molecule has 0 amide bonds. The summed E-state index contributed by atoms with van der Waals surface area (Å²) in [6.45, 7) is 0. The molecule has 0 saturated carbocycles. The zero-order chi connectivity index (χ0) is 15.9. The van der Waals surface area contributed by atoms with E-state index in [1.807, 2.05) is 0 Å². The zero-order valence-electron chi connectivity index (χ0n) is 11.7. The smallest absolute Gasteiger partial charge is 0.263 e. The number of nitrogens with zero attached hydrogens (tertiary/aromatic N) is 1. The number of hydrogen-bond acceptors (Lipinski definition) is 5. The lowest BCUT2D eigenvalue weighted by atomic mass is 10.3. The third kappa shape index (κ3) is 6.37. The van der Waals surface area contributed by atoms with Crippen molar-refractivity contribution in [3.63, 3.8) is 0 Å². The molecule has 1 aromatic carbocycles. The Balaban J connectivity index is 0.000000491. The minimum atomic E-state index is -3.60. The van der Waals surface area contributed by atoms with Gasteiger partial charge in [0.25, 0.3) is 10.0 Å². The van der Waals surface area contributed by atoms with Crippen LogP contribution in [0.4, 0.5) is 11.5 Å². The monoisotopic (exact) mass is 327 g/mol. The number of nitrogens with one attached hydrogen (secondary N) is 1. The molecule has 0 fully saturated rings. The Hall–Kier alpha value is -1.93. The van der Waals surface area contributed by atoms with Crippen molar-refractivity contribution in [2.45, 2.75) is 4.90 Å². The van der Waals surface area contributed by atoms with Gasteiger partial charge in [0.15, 0.2) is 0 Å². The van der Waals surface area contributed by atoms with E-state index in [-0.39, 0.29) is 10.7 Å². The van der Waals surface area contributed by atoms with Crippen LogP contribution in [0.2, 0.25) is 0 Å². The van der Waals surface area contributed by atoms with Crippen molar-refractivity contribution in [3.8, 4) is 0 Å². The van der Waals surface area contributed by atoms with Crippen molar-refractivity contribution in [2.75, 3.05) is 23.0 Å². The summed E-state index contributed by atoms with van der Waals surface area (Å²) in [4.78, 5) is 4.04. The number of benzene rings is 1. The largest absolute Gasteiger partial charge is 0.399 e. The van der Waals surface area contributed by atoms with Crippen molar-refractivity contribution in [1.82, 2.24) is 4.98 Å². The number of anilines is 2. The third-order valence-corrected chi connectivity index (χ3v) is 3.46. The summed E-state index contributed by atoms with van der Waals surface area (Å²) in [5, 5.41) is 0. The van der Waals surface area contributed by atoms with E-state index in [9.17, 15) is 12.6 Å². The van der Waals surface area contributed by atoms with Gasteiger partial charge >= 0.3 is 0 Å². The highest BCUT2D eigenvalue weighted by atomic mass is 32.2. The number of nitrogen functional groups attached to an aromatic ring is 1. The lowest BCUT2D eigenvalue weighted by Gasteiger charge is -2.06. The molecule has 6 nitrogen and oxygen atoms in total. The molecule has 114 valence electrons. The van der Waals surface area contributed by atoms with Crippen LogP contribution in [-0.2, 0) is 20.8 Å². The van der Waals surface area contributed by atoms with Crippen LogP contribution in [0.1, 0.15) is 0 Å². The van der Waals surface area contributed by atoms with Gasteiger partial charge in [0.1, 0.15) is 5.82 Å². The van der Waals surface area contributed by atoms with Crippen LogP contribution >= 0.6 is 0 Å². The van der Waals surface area contributed by atoms with Crippen molar-refractivity contribution >= 4 is 32.3 Å². The van der Waals surface area contributed by atoms with Crippen LogP contribution in [-0.4, -0.2) is 30.1 Å².